The summed E-state index contributed by atoms with van der Waals surface area (Å²) in [4.78, 5) is 1.60. The van der Waals surface area contributed by atoms with Crippen LogP contribution >= 0.6 is 23.8 Å². The van der Waals surface area contributed by atoms with Gasteiger partial charge in [-0.15, -0.1) is 5.10 Å². The molecule has 5 heteroatoms. The monoisotopic (exact) mass is 235 g/mol. The summed E-state index contributed by atoms with van der Waals surface area (Å²) >= 11 is 6.58. The zero-order chi connectivity index (χ0) is 10.7. The van der Waals surface area contributed by atoms with Gasteiger partial charge in [-0.3, -0.25) is 0 Å². The molecule has 0 saturated carbocycles. The van der Waals surface area contributed by atoms with Gasteiger partial charge in [-0.25, -0.2) is 0 Å². The van der Waals surface area contributed by atoms with Crippen LogP contribution in [0, 0.1) is 6.92 Å². The van der Waals surface area contributed by atoms with E-state index in [1.807, 2.05) is 37.3 Å². The second kappa shape index (κ2) is 4.46. The number of hydrogen-bond donors (Lipinski definition) is 1. The Kier molecular flexibility index (Phi) is 3.03. The van der Waals surface area contributed by atoms with E-state index in [0.29, 0.717) is 4.99 Å². The Bertz CT molecular complexity index is 465. The van der Waals surface area contributed by atoms with E-state index in [2.05, 4.69) is 14.9 Å². The molecule has 15 heavy (non-hydrogen) atoms. The summed E-state index contributed by atoms with van der Waals surface area (Å²) in [5, 5.41) is 7.07. The molecule has 0 bridgehead atoms. The van der Waals surface area contributed by atoms with Crippen LogP contribution in [0.15, 0.2) is 30.3 Å². The summed E-state index contributed by atoms with van der Waals surface area (Å²) < 4.78 is 3.85. The maximum atomic E-state index is 5.26. The first-order valence-corrected chi connectivity index (χ1v) is 5.61. The maximum absolute atomic E-state index is 5.26. The summed E-state index contributed by atoms with van der Waals surface area (Å²) in [5.41, 5.74) is 1.85. The Morgan fingerprint density at radius 3 is 2.67 bits per heavy atom. The molecule has 0 radical (unpaired) electrons. The van der Waals surface area contributed by atoms with Crippen molar-refractivity contribution in [1.29, 1.82) is 0 Å². The Hall–Kier alpha value is -1.33. The molecule has 1 heterocycles. The van der Waals surface area contributed by atoms with E-state index in [-0.39, 0.29) is 0 Å². The number of benzene rings is 1. The molecule has 1 aromatic heterocycles. The van der Waals surface area contributed by atoms with E-state index >= 15 is 0 Å². The van der Waals surface area contributed by atoms with Crippen LogP contribution < -0.4 is 5.32 Å². The van der Waals surface area contributed by atoms with Crippen molar-refractivity contribution in [2.75, 3.05) is 5.32 Å². The molecular weight excluding hydrogens is 226 g/mol. The quantitative estimate of drug-likeness (QED) is 0.812. The number of nitrogens with zero attached hydrogens (tertiary/aromatic N) is 2. The number of nitrogens with one attached hydrogen (secondary N) is 1. The highest BCUT2D eigenvalue weighted by molar-refractivity contribution is 7.81. The number of hydrogen-bond acceptors (Lipinski definition) is 4. The topological polar surface area (TPSA) is 37.8 Å². The van der Waals surface area contributed by atoms with Crippen LogP contribution in [0.3, 0.4) is 0 Å². The SMILES string of the molecule is Cc1nnsc1C(=S)Nc1ccccc1. The third-order valence-corrected chi connectivity index (χ3v) is 3.17. The van der Waals surface area contributed by atoms with Crippen molar-refractivity contribution in [3.05, 3.63) is 40.9 Å². The molecule has 2 aromatic rings. The lowest BCUT2D eigenvalue weighted by Gasteiger charge is -2.05. The minimum atomic E-state index is 0.675. The molecule has 0 aliphatic heterocycles. The van der Waals surface area contributed by atoms with Gasteiger partial charge in [-0.2, -0.15) is 0 Å². The normalized spacial score (nSPS) is 9.93. The predicted octanol–water partition coefficient (Wildman–Crippen LogP) is 2.63. The molecule has 3 nitrogen and oxygen atoms in total. The molecule has 1 N–H and O–H groups in total. The van der Waals surface area contributed by atoms with Crippen LogP contribution in [-0.2, 0) is 0 Å². The van der Waals surface area contributed by atoms with Crippen LogP contribution in [0.4, 0.5) is 5.69 Å². The molecule has 76 valence electrons. The summed E-state index contributed by atoms with van der Waals surface area (Å²) in [5.74, 6) is 0. The number of aryl methyl sites for hydroxylation is 1. The van der Waals surface area contributed by atoms with Gasteiger partial charge in [0, 0.05) is 5.69 Å². The van der Waals surface area contributed by atoms with Crippen molar-refractivity contribution in [2.45, 2.75) is 6.92 Å². The van der Waals surface area contributed by atoms with Crippen LogP contribution in [0.25, 0.3) is 0 Å². The van der Waals surface area contributed by atoms with Crippen molar-refractivity contribution in [2.24, 2.45) is 0 Å². The second-order valence-corrected chi connectivity index (χ2v) is 4.17. The molecule has 2 rings (SSSR count). The highest BCUT2D eigenvalue weighted by Gasteiger charge is 2.08. The van der Waals surface area contributed by atoms with E-state index in [0.717, 1.165) is 16.3 Å². The molecule has 0 unspecified atom stereocenters. The van der Waals surface area contributed by atoms with Crippen LogP contribution in [0.1, 0.15) is 10.6 Å². The van der Waals surface area contributed by atoms with Crippen LogP contribution in [-0.4, -0.2) is 14.6 Å². The van der Waals surface area contributed by atoms with Gasteiger partial charge in [0.25, 0.3) is 0 Å². The zero-order valence-corrected chi connectivity index (χ0v) is 9.73. The number of anilines is 1. The summed E-state index contributed by atoms with van der Waals surface area (Å²) in [7, 11) is 0. The van der Waals surface area contributed by atoms with E-state index in [4.69, 9.17) is 12.2 Å². The zero-order valence-electron chi connectivity index (χ0n) is 8.10. The number of rotatable bonds is 2. The van der Waals surface area contributed by atoms with Gasteiger partial charge in [0.2, 0.25) is 0 Å². The standard InChI is InChI=1S/C10H9N3S2/c1-7-9(15-13-12-7)10(14)11-8-5-3-2-4-6-8/h2-6H,1H3,(H,11,14). The molecule has 0 atom stereocenters. The Balaban J connectivity index is 2.15. The van der Waals surface area contributed by atoms with Crippen LogP contribution in [0.5, 0.6) is 0 Å². The molecule has 1 aromatic carbocycles. The Morgan fingerprint density at radius 2 is 2.07 bits per heavy atom. The number of aromatic nitrogens is 2. The fourth-order valence-corrected chi connectivity index (χ4v) is 2.08. The van der Waals surface area contributed by atoms with Gasteiger partial charge in [0.15, 0.2) is 0 Å². The summed E-state index contributed by atoms with van der Waals surface area (Å²) in [6.07, 6.45) is 0. The fraction of sp³-hybridized carbons (Fsp3) is 0.100. The third kappa shape index (κ3) is 2.37. The molecule has 0 fully saturated rings. The Labute approximate surface area is 97.3 Å². The number of thiocarbonyl (C=S) groups is 1. The summed E-state index contributed by atoms with van der Waals surface area (Å²) in [6, 6.07) is 9.82. The molecular formula is C10H9N3S2. The maximum Gasteiger partial charge on any atom is 0.124 e. The average molecular weight is 235 g/mol. The van der Waals surface area contributed by atoms with Gasteiger partial charge in [-0.05, 0) is 30.6 Å². The predicted molar refractivity (Wildman–Crippen MR) is 66.4 cm³/mol. The van der Waals surface area contributed by atoms with Crippen LogP contribution in [0.2, 0.25) is 0 Å². The lowest BCUT2D eigenvalue weighted by atomic mass is 10.3. The van der Waals surface area contributed by atoms with Gasteiger partial charge < -0.3 is 5.32 Å². The van der Waals surface area contributed by atoms with Crippen molar-refractivity contribution in [3.63, 3.8) is 0 Å². The highest BCUT2D eigenvalue weighted by Crippen LogP contribution is 2.14. The van der Waals surface area contributed by atoms with Crippen molar-refractivity contribution >= 4 is 34.4 Å². The lowest BCUT2D eigenvalue weighted by molar-refractivity contribution is 1.09. The Morgan fingerprint density at radius 1 is 1.33 bits per heavy atom. The van der Waals surface area contributed by atoms with Crippen molar-refractivity contribution < 1.29 is 0 Å². The van der Waals surface area contributed by atoms with Crippen molar-refractivity contribution in [3.8, 4) is 0 Å². The first-order valence-electron chi connectivity index (χ1n) is 4.43. The first kappa shape index (κ1) is 10.2. The average Bonchev–Trinajstić information content (AvgIpc) is 2.66. The smallest absolute Gasteiger partial charge is 0.124 e. The van der Waals surface area contributed by atoms with Gasteiger partial charge >= 0.3 is 0 Å². The van der Waals surface area contributed by atoms with Gasteiger partial charge in [0.1, 0.15) is 9.87 Å². The minimum absolute atomic E-state index is 0.675. The largest absolute Gasteiger partial charge is 0.345 e. The second-order valence-electron chi connectivity index (χ2n) is 3.01. The molecule has 0 saturated heterocycles. The van der Waals surface area contributed by atoms with E-state index < -0.39 is 0 Å². The minimum Gasteiger partial charge on any atom is -0.345 e. The highest BCUT2D eigenvalue weighted by atomic mass is 32.1. The van der Waals surface area contributed by atoms with E-state index in [9.17, 15) is 0 Å². The lowest BCUT2D eigenvalue weighted by Crippen LogP contribution is -2.09. The number of para-hydroxylation sites is 1. The van der Waals surface area contributed by atoms with E-state index in [1.54, 1.807) is 0 Å². The molecule has 0 aliphatic rings. The van der Waals surface area contributed by atoms with Gasteiger partial charge in [0.05, 0.1) is 5.69 Å². The van der Waals surface area contributed by atoms with Crippen molar-refractivity contribution in [1.82, 2.24) is 9.59 Å². The first-order chi connectivity index (χ1) is 7.27. The third-order valence-electron chi connectivity index (χ3n) is 1.89. The van der Waals surface area contributed by atoms with E-state index in [1.165, 1.54) is 11.5 Å². The summed E-state index contributed by atoms with van der Waals surface area (Å²) in [6.45, 7) is 1.90. The molecule has 0 amide bonds. The molecule has 0 spiro atoms. The van der Waals surface area contributed by atoms with Gasteiger partial charge in [-0.1, -0.05) is 34.9 Å². The molecule has 0 aliphatic carbocycles. The fourth-order valence-electron chi connectivity index (χ4n) is 1.15.